The zero-order valence-corrected chi connectivity index (χ0v) is 29.9. The predicted molar refractivity (Wildman–Crippen MR) is 224 cm³/mol. The van der Waals surface area contributed by atoms with E-state index in [0.717, 1.165) is 16.0 Å². The van der Waals surface area contributed by atoms with Gasteiger partial charge >= 0.3 is 0 Å². The molecule has 1 heterocycles. The lowest BCUT2D eigenvalue weighted by Gasteiger charge is -2.14. The van der Waals surface area contributed by atoms with Crippen LogP contribution in [0, 0.1) is 6.92 Å². The Morgan fingerprint density at radius 1 is 0.333 bits per heavy atom. The normalized spacial score (nSPS) is 11.3. The van der Waals surface area contributed by atoms with Crippen molar-refractivity contribution in [3.05, 3.63) is 188 Å². The summed E-state index contributed by atoms with van der Waals surface area (Å²) in [6.45, 7) is 2.16. The molecule has 0 bridgehead atoms. The van der Waals surface area contributed by atoms with Gasteiger partial charge in [-0.2, -0.15) is 0 Å². The summed E-state index contributed by atoms with van der Waals surface area (Å²) in [5.41, 5.74) is 15.8. The lowest BCUT2D eigenvalue weighted by Crippen LogP contribution is -1.89. The van der Waals surface area contributed by atoms with E-state index in [1.54, 1.807) is 0 Å². The summed E-state index contributed by atoms with van der Waals surface area (Å²) < 4.78 is 2.63. The van der Waals surface area contributed by atoms with Gasteiger partial charge in [0.1, 0.15) is 0 Å². The second kappa shape index (κ2) is 13.2. The van der Waals surface area contributed by atoms with Gasteiger partial charge in [0.05, 0.1) is 0 Å². The minimum atomic E-state index is 1.00. The van der Waals surface area contributed by atoms with E-state index in [4.69, 9.17) is 12.6 Å². The Morgan fingerprint density at radius 2 is 0.745 bits per heavy atom. The van der Waals surface area contributed by atoms with Gasteiger partial charge in [-0.15, -0.1) is 24.0 Å². The molecular formula is C49H34S2. The summed E-state index contributed by atoms with van der Waals surface area (Å²) in [7, 11) is 0. The lowest BCUT2D eigenvalue weighted by atomic mass is 9.94. The Bertz CT molecular complexity index is 2700. The van der Waals surface area contributed by atoms with E-state index in [1.165, 1.54) is 81.4 Å². The minimum Gasteiger partial charge on any atom is -0.142 e. The molecule has 1 aromatic heterocycles. The van der Waals surface area contributed by atoms with Crippen molar-refractivity contribution in [1.29, 1.82) is 0 Å². The molecule has 0 radical (unpaired) electrons. The Morgan fingerprint density at radius 3 is 1.39 bits per heavy atom. The van der Waals surface area contributed by atoms with E-state index in [-0.39, 0.29) is 0 Å². The van der Waals surface area contributed by atoms with Gasteiger partial charge in [-0.3, -0.25) is 0 Å². The maximum Gasteiger partial charge on any atom is 0.0434 e. The molecule has 51 heavy (non-hydrogen) atoms. The number of rotatable bonds is 6. The van der Waals surface area contributed by atoms with Crippen molar-refractivity contribution >= 4 is 44.1 Å². The maximum atomic E-state index is 5.09. The molecule has 0 unspecified atom stereocenters. The van der Waals surface area contributed by atoms with Crippen LogP contribution >= 0.6 is 24.0 Å². The van der Waals surface area contributed by atoms with Crippen LogP contribution in [0.1, 0.15) is 5.56 Å². The van der Waals surface area contributed by atoms with E-state index >= 15 is 0 Å². The molecule has 242 valence electrons. The number of benzene rings is 8. The number of thiophene rings is 1. The van der Waals surface area contributed by atoms with Crippen LogP contribution in [0.2, 0.25) is 0 Å². The highest BCUT2D eigenvalue weighted by molar-refractivity contribution is 7.80. The standard InChI is InChI=1S/C49H34S2/c1-32-12-5-6-19-40(32)44-23-9-20-41(47(44)50)37-16-8-18-39(31-37)43-22-11-25-46-45-24-10-21-42(48(45)51-49(43)46)38-17-7-15-36(30-38)35-28-26-34(27-29-35)33-13-3-2-4-14-33/h2-31,50H,1H3. The molecule has 8 aromatic carbocycles. The average molecular weight is 687 g/mol. The first kappa shape index (κ1) is 31.3. The Labute approximate surface area is 308 Å². The number of hydrogen-bond donors (Lipinski definition) is 1. The quantitative estimate of drug-likeness (QED) is 0.165. The SMILES string of the molecule is Cc1ccccc1-c1cccc(-c2cccc(-c3cccc4c3sc3c(-c5cccc(-c6ccc(-c7ccccc7)cc6)c5)cccc34)c2)c1S. The minimum absolute atomic E-state index is 1.00. The molecule has 0 aliphatic carbocycles. The lowest BCUT2D eigenvalue weighted by molar-refractivity contribution is 1.39. The summed E-state index contributed by atoms with van der Waals surface area (Å²) in [6, 6.07) is 65.9. The smallest absolute Gasteiger partial charge is 0.0434 e. The second-order valence-electron chi connectivity index (χ2n) is 13.1. The van der Waals surface area contributed by atoms with Crippen LogP contribution < -0.4 is 0 Å². The van der Waals surface area contributed by atoms with Gasteiger partial charge in [0.2, 0.25) is 0 Å². The third-order valence-electron chi connectivity index (χ3n) is 9.98. The molecule has 0 aliphatic rings. The molecule has 0 spiro atoms. The van der Waals surface area contributed by atoms with Crippen LogP contribution in [0.15, 0.2) is 187 Å². The molecular weight excluding hydrogens is 653 g/mol. The van der Waals surface area contributed by atoms with Crippen molar-refractivity contribution in [3.8, 4) is 66.8 Å². The summed E-state index contributed by atoms with van der Waals surface area (Å²) in [6.07, 6.45) is 0. The molecule has 0 nitrogen and oxygen atoms in total. The van der Waals surface area contributed by atoms with Gasteiger partial charge in [0, 0.05) is 25.1 Å². The molecule has 0 saturated carbocycles. The zero-order valence-electron chi connectivity index (χ0n) is 28.2. The first-order valence-electron chi connectivity index (χ1n) is 17.3. The van der Waals surface area contributed by atoms with Crippen molar-refractivity contribution in [3.63, 3.8) is 0 Å². The van der Waals surface area contributed by atoms with Gasteiger partial charge in [-0.1, -0.05) is 170 Å². The molecule has 9 rings (SSSR count). The third kappa shape index (κ3) is 5.77. The van der Waals surface area contributed by atoms with E-state index in [0.29, 0.717) is 0 Å². The van der Waals surface area contributed by atoms with Crippen LogP contribution in [-0.2, 0) is 0 Å². The van der Waals surface area contributed by atoms with Crippen molar-refractivity contribution in [1.82, 2.24) is 0 Å². The number of aryl methyl sites for hydroxylation is 1. The van der Waals surface area contributed by atoms with E-state index in [1.807, 2.05) is 11.3 Å². The molecule has 9 aromatic rings. The van der Waals surface area contributed by atoms with Gasteiger partial charge in [0.25, 0.3) is 0 Å². The molecule has 0 N–H and O–H groups in total. The fourth-order valence-corrected chi connectivity index (χ4v) is 9.12. The van der Waals surface area contributed by atoms with Crippen LogP contribution in [0.5, 0.6) is 0 Å². The highest BCUT2D eigenvalue weighted by atomic mass is 32.1. The van der Waals surface area contributed by atoms with E-state index in [2.05, 4.69) is 189 Å². The van der Waals surface area contributed by atoms with Crippen LogP contribution in [0.25, 0.3) is 86.9 Å². The average Bonchev–Trinajstić information content (AvgIpc) is 3.58. The fourth-order valence-electron chi connectivity index (χ4n) is 7.35. The first-order valence-corrected chi connectivity index (χ1v) is 18.6. The summed E-state index contributed by atoms with van der Waals surface area (Å²) in [5.74, 6) is 0. The van der Waals surface area contributed by atoms with Gasteiger partial charge in [-0.25, -0.2) is 0 Å². The van der Waals surface area contributed by atoms with Crippen LogP contribution in [0.4, 0.5) is 0 Å². The Balaban J connectivity index is 1.10. The second-order valence-corrected chi connectivity index (χ2v) is 14.6. The summed E-state index contributed by atoms with van der Waals surface area (Å²) >= 11 is 6.99. The van der Waals surface area contributed by atoms with Gasteiger partial charge in [-0.05, 0) is 91.4 Å². The van der Waals surface area contributed by atoms with Crippen LogP contribution in [-0.4, -0.2) is 0 Å². The molecule has 0 fully saturated rings. The van der Waals surface area contributed by atoms with Crippen molar-refractivity contribution in [2.45, 2.75) is 11.8 Å². The highest BCUT2D eigenvalue weighted by Gasteiger charge is 2.16. The Hall–Kier alpha value is -5.67. The van der Waals surface area contributed by atoms with Crippen molar-refractivity contribution in [2.24, 2.45) is 0 Å². The number of fused-ring (bicyclic) bond motifs is 3. The monoisotopic (exact) mass is 686 g/mol. The summed E-state index contributed by atoms with van der Waals surface area (Å²) in [5, 5.41) is 2.59. The van der Waals surface area contributed by atoms with E-state index in [9.17, 15) is 0 Å². The van der Waals surface area contributed by atoms with Crippen molar-refractivity contribution in [2.75, 3.05) is 0 Å². The fraction of sp³-hybridized carbons (Fsp3) is 0.0204. The predicted octanol–water partition coefficient (Wildman–Crippen LogP) is 14.7. The molecule has 0 saturated heterocycles. The van der Waals surface area contributed by atoms with Gasteiger partial charge < -0.3 is 0 Å². The maximum absolute atomic E-state index is 5.09. The zero-order chi connectivity index (χ0) is 34.3. The Kier molecular flexibility index (Phi) is 8.12. The van der Waals surface area contributed by atoms with Gasteiger partial charge in [0.15, 0.2) is 0 Å². The summed E-state index contributed by atoms with van der Waals surface area (Å²) in [4.78, 5) is 1.00. The number of thiol groups is 1. The number of hydrogen-bond acceptors (Lipinski definition) is 2. The molecule has 0 amide bonds. The van der Waals surface area contributed by atoms with Crippen molar-refractivity contribution < 1.29 is 0 Å². The van der Waals surface area contributed by atoms with E-state index < -0.39 is 0 Å². The highest BCUT2D eigenvalue weighted by Crippen LogP contribution is 2.45. The third-order valence-corrected chi connectivity index (χ3v) is 11.7. The topological polar surface area (TPSA) is 0 Å². The molecule has 2 heteroatoms. The molecule has 0 atom stereocenters. The van der Waals surface area contributed by atoms with Crippen LogP contribution in [0.3, 0.4) is 0 Å². The first-order chi connectivity index (χ1) is 25.1. The largest absolute Gasteiger partial charge is 0.142 e. The molecule has 0 aliphatic heterocycles.